The van der Waals surface area contributed by atoms with E-state index >= 15 is 0 Å². The Hall–Kier alpha value is -3.08. The molecule has 0 aliphatic heterocycles. The van der Waals surface area contributed by atoms with Crippen molar-refractivity contribution in [3.63, 3.8) is 0 Å². The molecule has 2 rings (SSSR count). The highest BCUT2D eigenvalue weighted by molar-refractivity contribution is 7.92. The third-order valence-electron chi connectivity index (χ3n) is 5.36. The van der Waals surface area contributed by atoms with E-state index in [1.54, 1.807) is 6.07 Å². The summed E-state index contributed by atoms with van der Waals surface area (Å²) < 4.78 is 66.5. The molecule has 0 heterocycles. The first-order valence-electron chi connectivity index (χ1n) is 11.2. The van der Waals surface area contributed by atoms with Crippen LogP contribution >= 0.6 is 0 Å². The smallest absolute Gasteiger partial charge is 0.242 e. The molecule has 1 atom stereocenters. The molecule has 0 unspecified atom stereocenters. The zero-order chi connectivity index (χ0) is 26.2. The van der Waals surface area contributed by atoms with Crippen LogP contribution in [0.3, 0.4) is 0 Å². The standard InChI is InChI=1S/C24H30F3N3O4S/c1-4-13-28-24(32)17(2)29(16-18-8-5-6-9-20(18)25)23(31)10-7-14-30(35(3,33)34)19-11-12-21(26)22(27)15-19/h5-6,8-9,11-12,15,17H,4,7,10,13-14,16H2,1-3H3,(H,28,32)/t17-/m0/s1. The summed E-state index contributed by atoms with van der Waals surface area (Å²) in [6.07, 6.45) is 1.49. The number of hydrogen-bond acceptors (Lipinski definition) is 4. The Balaban J connectivity index is 2.18. The van der Waals surface area contributed by atoms with Crippen molar-refractivity contribution in [2.24, 2.45) is 0 Å². The molecule has 2 aromatic carbocycles. The quantitative estimate of drug-likeness (QED) is 0.470. The number of nitrogens with zero attached hydrogens (tertiary/aromatic N) is 2. The summed E-state index contributed by atoms with van der Waals surface area (Å²) in [5, 5.41) is 2.71. The number of hydrogen-bond donors (Lipinski definition) is 1. The maximum absolute atomic E-state index is 14.2. The summed E-state index contributed by atoms with van der Waals surface area (Å²) >= 11 is 0. The monoisotopic (exact) mass is 513 g/mol. The Labute approximate surface area is 204 Å². The molecule has 0 saturated carbocycles. The third-order valence-corrected chi connectivity index (χ3v) is 6.55. The van der Waals surface area contributed by atoms with Crippen molar-refractivity contribution >= 4 is 27.5 Å². The molecule has 1 N–H and O–H groups in total. The minimum absolute atomic E-state index is 0.0297. The molecule has 192 valence electrons. The first-order valence-corrected chi connectivity index (χ1v) is 13.0. The summed E-state index contributed by atoms with van der Waals surface area (Å²) in [7, 11) is -3.85. The van der Waals surface area contributed by atoms with Gasteiger partial charge in [-0.05, 0) is 38.0 Å². The van der Waals surface area contributed by atoms with Crippen molar-refractivity contribution in [1.29, 1.82) is 0 Å². The fraction of sp³-hybridized carbons (Fsp3) is 0.417. The summed E-state index contributed by atoms with van der Waals surface area (Å²) in [4.78, 5) is 26.9. The second kappa shape index (κ2) is 12.6. The van der Waals surface area contributed by atoms with Gasteiger partial charge in [0.25, 0.3) is 0 Å². The van der Waals surface area contributed by atoms with E-state index in [2.05, 4.69) is 5.32 Å². The number of sulfonamides is 1. The molecule has 0 aliphatic rings. The van der Waals surface area contributed by atoms with Crippen LogP contribution in [0.2, 0.25) is 0 Å². The van der Waals surface area contributed by atoms with Gasteiger partial charge in [-0.15, -0.1) is 0 Å². The summed E-state index contributed by atoms with van der Waals surface area (Å²) in [5.74, 6) is -3.71. The number of carbonyl (C=O) groups is 2. The molecule has 35 heavy (non-hydrogen) atoms. The minimum Gasteiger partial charge on any atom is -0.354 e. The van der Waals surface area contributed by atoms with Crippen LogP contribution in [0, 0.1) is 17.5 Å². The lowest BCUT2D eigenvalue weighted by atomic mass is 10.1. The maximum atomic E-state index is 14.2. The molecule has 0 saturated heterocycles. The normalized spacial score (nSPS) is 12.2. The van der Waals surface area contributed by atoms with Gasteiger partial charge in [0, 0.05) is 37.7 Å². The Bertz CT molecular complexity index is 1140. The SMILES string of the molecule is CCCNC(=O)[C@H](C)N(Cc1ccccc1F)C(=O)CCCN(c1ccc(F)c(F)c1)S(C)(=O)=O. The van der Waals surface area contributed by atoms with Gasteiger partial charge in [0.2, 0.25) is 21.8 Å². The van der Waals surface area contributed by atoms with E-state index in [9.17, 15) is 31.2 Å². The molecule has 7 nitrogen and oxygen atoms in total. The number of halogens is 3. The van der Waals surface area contributed by atoms with Gasteiger partial charge < -0.3 is 10.2 Å². The van der Waals surface area contributed by atoms with E-state index in [-0.39, 0.29) is 37.2 Å². The second-order valence-corrected chi connectivity index (χ2v) is 10.0. The van der Waals surface area contributed by atoms with Gasteiger partial charge in [-0.3, -0.25) is 13.9 Å². The summed E-state index contributed by atoms with van der Waals surface area (Å²) in [6.45, 7) is 3.51. The zero-order valence-corrected chi connectivity index (χ0v) is 20.7. The molecule has 11 heteroatoms. The lowest BCUT2D eigenvalue weighted by molar-refractivity contribution is -0.140. The second-order valence-electron chi connectivity index (χ2n) is 8.12. The molecule has 0 spiro atoms. The van der Waals surface area contributed by atoms with Crippen LogP contribution in [0.4, 0.5) is 18.9 Å². The van der Waals surface area contributed by atoms with E-state index in [1.165, 1.54) is 30.0 Å². The Kier molecular flexibility index (Phi) is 10.1. The number of anilines is 1. The highest BCUT2D eigenvalue weighted by Crippen LogP contribution is 2.22. The molecule has 0 bridgehead atoms. The molecule has 0 fully saturated rings. The highest BCUT2D eigenvalue weighted by Gasteiger charge is 2.27. The summed E-state index contributed by atoms with van der Waals surface area (Å²) in [5.41, 5.74) is 0.157. The van der Waals surface area contributed by atoms with E-state index in [1.807, 2.05) is 6.92 Å². The fourth-order valence-electron chi connectivity index (χ4n) is 3.43. The van der Waals surface area contributed by atoms with Crippen molar-refractivity contribution in [2.45, 2.75) is 45.7 Å². The number of benzene rings is 2. The van der Waals surface area contributed by atoms with Crippen LogP contribution in [-0.2, 0) is 26.2 Å². The molecular formula is C24H30F3N3O4S. The lowest BCUT2D eigenvalue weighted by Gasteiger charge is -2.29. The number of rotatable bonds is 12. The van der Waals surface area contributed by atoms with Gasteiger partial charge in [-0.25, -0.2) is 21.6 Å². The number of nitrogens with one attached hydrogen (secondary N) is 1. The fourth-order valence-corrected chi connectivity index (χ4v) is 4.39. The van der Waals surface area contributed by atoms with Crippen LogP contribution in [0.5, 0.6) is 0 Å². The first kappa shape index (κ1) is 28.2. The van der Waals surface area contributed by atoms with Gasteiger partial charge >= 0.3 is 0 Å². The predicted molar refractivity (Wildman–Crippen MR) is 127 cm³/mol. The Morgan fingerprint density at radius 1 is 1.03 bits per heavy atom. The van der Waals surface area contributed by atoms with Gasteiger partial charge in [0.1, 0.15) is 11.9 Å². The average molecular weight is 514 g/mol. The average Bonchev–Trinajstić information content (AvgIpc) is 2.80. The van der Waals surface area contributed by atoms with Crippen molar-refractivity contribution < 1.29 is 31.2 Å². The summed E-state index contributed by atoms with van der Waals surface area (Å²) in [6, 6.07) is 7.72. The van der Waals surface area contributed by atoms with Gasteiger partial charge in [0.05, 0.1) is 11.9 Å². The molecule has 0 aliphatic carbocycles. The molecule has 0 radical (unpaired) electrons. The maximum Gasteiger partial charge on any atom is 0.242 e. The van der Waals surface area contributed by atoms with Crippen molar-refractivity contribution in [1.82, 2.24) is 10.2 Å². The van der Waals surface area contributed by atoms with E-state index in [4.69, 9.17) is 0 Å². The Morgan fingerprint density at radius 3 is 2.31 bits per heavy atom. The lowest BCUT2D eigenvalue weighted by Crippen LogP contribution is -2.48. The van der Waals surface area contributed by atoms with Crippen molar-refractivity contribution in [3.8, 4) is 0 Å². The highest BCUT2D eigenvalue weighted by atomic mass is 32.2. The molecule has 2 aromatic rings. The topological polar surface area (TPSA) is 86.8 Å². The third kappa shape index (κ3) is 7.98. The van der Waals surface area contributed by atoms with Crippen LogP contribution in [-0.4, -0.2) is 50.5 Å². The van der Waals surface area contributed by atoms with E-state index in [0.717, 1.165) is 28.8 Å². The van der Waals surface area contributed by atoms with Crippen LogP contribution in [0.15, 0.2) is 42.5 Å². The van der Waals surface area contributed by atoms with E-state index < -0.39 is 45.3 Å². The predicted octanol–water partition coefficient (Wildman–Crippen LogP) is 3.59. The number of amides is 2. The molecule has 2 amide bonds. The van der Waals surface area contributed by atoms with Gasteiger partial charge in [-0.1, -0.05) is 25.1 Å². The molecule has 0 aromatic heterocycles. The molecular weight excluding hydrogens is 483 g/mol. The largest absolute Gasteiger partial charge is 0.354 e. The van der Waals surface area contributed by atoms with Crippen LogP contribution in [0.25, 0.3) is 0 Å². The van der Waals surface area contributed by atoms with Crippen molar-refractivity contribution in [3.05, 3.63) is 65.5 Å². The van der Waals surface area contributed by atoms with Gasteiger partial charge in [-0.2, -0.15) is 0 Å². The van der Waals surface area contributed by atoms with E-state index in [0.29, 0.717) is 13.0 Å². The Morgan fingerprint density at radius 2 is 1.71 bits per heavy atom. The van der Waals surface area contributed by atoms with Crippen molar-refractivity contribution in [2.75, 3.05) is 23.7 Å². The van der Waals surface area contributed by atoms with Crippen LogP contribution < -0.4 is 9.62 Å². The van der Waals surface area contributed by atoms with Crippen LogP contribution in [0.1, 0.15) is 38.7 Å². The first-order chi connectivity index (χ1) is 16.5. The van der Waals surface area contributed by atoms with Gasteiger partial charge in [0.15, 0.2) is 11.6 Å². The number of carbonyl (C=O) groups excluding carboxylic acids is 2. The minimum atomic E-state index is -3.85. The zero-order valence-electron chi connectivity index (χ0n) is 19.9.